The number of anilines is 1. The molecule has 0 saturated heterocycles. The van der Waals surface area contributed by atoms with Gasteiger partial charge in [-0.2, -0.15) is 0 Å². The summed E-state index contributed by atoms with van der Waals surface area (Å²) >= 11 is 0. The van der Waals surface area contributed by atoms with Crippen molar-refractivity contribution in [2.45, 2.75) is 13.8 Å². The Morgan fingerprint density at radius 2 is 2.12 bits per heavy atom. The van der Waals surface area contributed by atoms with E-state index in [9.17, 15) is 9.59 Å². The van der Waals surface area contributed by atoms with Crippen LogP contribution in [0.25, 0.3) is 0 Å². The first-order chi connectivity index (χ1) is 8.06. The largest absolute Gasteiger partial charge is 0.478 e. The first-order valence-electron chi connectivity index (χ1n) is 5.08. The number of hydrogen-bond acceptors (Lipinski definition) is 2. The maximum atomic E-state index is 11.4. The normalized spacial score (nSPS) is 11.2. The number of carbonyl (C=O) groups is 2. The van der Waals surface area contributed by atoms with E-state index in [1.54, 1.807) is 25.2 Å². The number of carboxylic acid groups (broad SMARTS) is 1. The van der Waals surface area contributed by atoms with Crippen LogP contribution in [0, 0.1) is 6.92 Å². The molecular weight excluding hydrogens is 220 g/mol. The second-order valence-electron chi connectivity index (χ2n) is 3.38. The Hall–Kier alpha value is -2.30. The molecule has 0 radical (unpaired) electrons. The monoisotopic (exact) mass is 234 g/mol. The van der Waals surface area contributed by atoms with Crippen molar-refractivity contribution in [1.29, 1.82) is 0 Å². The average Bonchev–Trinajstić information content (AvgIpc) is 2.60. The summed E-state index contributed by atoms with van der Waals surface area (Å²) in [4.78, 5) is 25.1. The third-order valence-electron chi connectivity index (χ3n) is 2.10. The van der Waals surface area contributed by atoms with Gasteiger partial charge < -0.3 is 15.4 Å². The molecule has 5 nitrogen and oxygen atoms in total. The molecule has 1 amide bonds. The van der Waals surface area contributed by atoms with E-state index in [1.165, 1.54) is 12.3 Å². The van der Waals surface area contributed by atoms with Crippen molar-refractivity contribution in [3.8, 4) is 0 Å². The number of carboxylic acids is 1. The van der Waals surface area contributed by atoms with Crippen LogP contribution in [0.4, 0.5) is 5.69 Å². The third kappa shape index (κ3) is 3.34. The maximum absolute atomic E-state index is 11.4. The molecule has 0 bridgehead atoms. The molecule has 1 aromatic rings. The summed E-state index contributed by atoms with van der Waals surface area (Å²) in [7, 11) is 0. The summed E-state index contributed by atoms with van der Waals surface area (Å²) in [5.74, 6) is -1.44. The third-order valence-corrected chi connectivity index (χ3v) is 2.10. The van der Waals surface area contributed by atoms with Crippen molar-refractivity contribution in [3.05, 3.63) is 41.8 Å². The average molecular weight is 234 g/mol. The summed E-state index contributed by atoms with van der Waals surface area (Å²) in [5, 5.41) is 11.5. The van der Waals surface area contributed by atoms with E-state index in [0.717, 1.165) is 0 Å². The van der Waals surface area contributed by atoms with E-state index in [1.807, 2.05) is 6.92 Å². The van der Waals surface area contributed by atoms with Crippen LogP contribution >= 0.6 is 0 Å². The number of amides is 1. The van der Waals surface area contributed by atoms with Gasteiger partial charge in [0, 0.05) is 18.0 Å². The second kappa shape index (κ2) is 5.69. The molecular formula is C12H14N2O3. The first-order valence-corrected chi connectivity index (χ1v) is 5.08. The number of nitrogens with one attached hydrogen (secondary N) is 2. The Morgan fingerprint density at radius 3 is 2.71 bits per heavy atom. The van der Waals surface area contributed by atoms with E-state index < -0.39 is 5.97 Å². The highest BCUT2D eigenvalue weighted by Crippen LogP contribution is 2.18. The molecule has 90 valence electrons. The number of aromatic carboxylic acids is 1. The number of H-pyrrole nitrogens is 1. The molecule has 0 spiro atoms. The molecule has 3 N–H and O–H groups in total. The van der Waals surface area contributed by atoms with Crippen molar-refractivity contribution in [2.75, 3.05) is 5.32 Å². The van der Waals surface area contributed by atoms with Gasteiger partial charge in [-0.05, 0) is 13.8 Å². The number of aromatic nitrogens is 1. The van der Waals surface area contributed by atoms with Crippen LogP contribution in [-0.2, 0) is 4.79 Å². The minimum atomic E-state index is -1.07. The Balaban J connectivity index is 2.82. The molecule has 0 aliphatic carbocycles. The van der Waals surface area contributed by atoms with E-state index >= 15 is 0 Å². The van der Waals surface area contributed by atoms with Gasteiger partial charge in [0.05, 0.1) is 5.69 Å². The number of carbonyl (C=O) groups excluding carboxylic acids is 1. The molecule has 0 saturated carbocycles. The molecule has 0 unspecified atom stereocenters. The van der Waals surface area contributed by atoms with Gasteiger partial charge >= 0.3 is 5.97 Å². The molecule has 17 heavy (non-hydrogen) atoms. The van der Waals surface area contributed by atoms with Crippen LogP contribution in [0.15, 0.2) is 30.5 Å². The summed E-state index contributed by atoms with van der Waals surface area (Å²) in [6.07, 6.45) is 7.86. The van der Waals surface area contributed by atoms with Crippen molar-refractivity contribution in [1.82, 2.24) is 4.98 Å². The van der Waals surface area contributed by atoms with Crippen molar-refractivity contribution in [3.63, 3.8) is 0 Å². The lowest BCUT2D eigenvalue weighted by Crippen LogP contribution is -2.10. The van der Waals surface area contributed by atoms with E-state index in [2.05, 4.69) is 10.3 Å². The van der Waals surface area contributed by atoms with Gasteiger partial charge in [0.2, 0.25) is 5.91 Å². The van der Waals surface area contributed by atoms with Crippen molar-refractivity contribution in [2.24, 2.45) is 0 Å². The summed E-state index contributed by atoms with van der Waals surface area (Å²) in [5.41, 5.74) is 0.855. The fraction of sp³-hybridized carbons (Fsp3) is 0.167. The van der Waals surface area contributed by atoms with E-state index in [0.29, 0.717) is 5.69 Å². The highest BCUT2D eigenvalue weighted by atomic mass is 16.4. The number of aromatic amines is 1. The minimum absolute atomic E-state index is 0.0813. The topological polar surface area (TPSA) is 82.2 Å². The maximum Gasteiger partial charge on any atom is 0.339 e. The van der Waals surface area contributed by atoms with Crippen LogP contribution in [0.1, 0.15) is 23.0 Å². The van der Waals surface area contributed by atoms with Gasteiger partial charge in [0.1, 0.15) is 5.56 Å². The smallest absolute Gasteiger partial charge is 0.339 e. The summed E-state index contributed by atoms with van der Waals surface area (Å²) in [6.45, 7) is 3.47. The summed E-state index contributed by atoms with van der Waals surface area (Å²) in [6, 6.07) is 0. The zero-order valence-electron chi connectivity index (χ0n) is 9.65. The zero-order valence-corrected chi connectivity index (χ0v) is 9.65. The van der Waals surface area contributed by atoms with Crippen LogP contribution in [0.2, 0.25) is 0 Å². The quantitative estimate of drug-likeness (QED) is 0.551. The van der Waals surface area contributed by atoms with Gasteiger partial charge in [0.15, 0.2) is 0 Å². The lowest BCUT2D eigenvalue weighted by molar-refractivity contribution is -0.111. The Morgan fingerprint density at radius 1 is 1.41 bits per heavy atom. The predicted molar refractivity (Wildman–Crippen MR) is 65.1 cm³/mol. The second-order valence-corrected chi connectivity index (χ2v) is 3.38. The van der Waals surface area contributed by atoms with Crippen LogP contribution in [0.5, 0.6) is 0 Å². The number of allylic oxidation sites excluding steroid dienone is 3. The highest BCUT2D eigenvalue weighted by molar-refractivity contribution is 6.05. The van der Waals surface area contributed by atoms with Crippen molar-refractivity contribution < 1.29 is 14.7 Å². The summed E-state index contributed by atoms with van der Waals surface area (Å²) < 4.78 is 0. The van der Waals surface area contributed by atoms with E-state index in [-0.39, 0.29) is 17.2 Å². The minimum Gasteiger partial charge on any atom is -0.478 e. The molecule has 1 heterocycles. The Kier molecular flexibility index (Phi) is 4.28. The molecule has 1 aromatic heterocycles. The molecule has 1 rings (SSSR count). The molecule has 0 atom stereocenters. The van der Waals surface area contributed by atoms with Crippen LogP contribution in [-0.4, -0.2) is 22.0 Å². The Labute approximate surface area is 98.8 Å². The predicted octanol–water partition coefficient (Wildman–Crippen LogP) is 2.09. The standard InChI is InChI=1S/C12H14N2O3/c1-3-4-5-6-10(15)14-9-7-13-8(2)11(9)12(16)17/h3-7,13H,1-2H3,(H,14,15)(H,16,17). The lowest BCUT2D eigenvalue weighted by atomic mass is 10.2. The molecule has 0 aliphatic heterocycles. The van der Waals surface area contributed by atoms with Crippen molar-refractivity contribution >= 4 is 17.6 Å². The number of aryl methyl sites for hydroxylation is 1. The zero-order chi connectivity index (χ0) is 12.8. The van der Waals surface area contributed by atoms with Gasteiger partial charge in [0.25, 0.3) is 0 Å². The van der Waals surface area contributed by atoms with Gasteiger partial charge in [-0.3, -0.25) is 4.79 Å². The molecule has 0 aliphatic rings. The van der Waals surface area contributed by atoms with Gasteiger partial charge in [-0.25, -0.2) is 4.79 Å². The van der Waals surface area contributed by atoms with E-state index in [4.69, 9.17) is 5.11 Å². The van der Waals surface area contributed by atoms with Gasteiger partial charge in [-0.15, -0.1) is 0 Å². The van der Waals surface area contributed by atoms with Crippen LogP contribution < -0.4 is 5.32 Å². The number of hydrogen-bond donors (Lipinski definition) is 3. The van der Waals surface area contributed by atoms with Gasteiger partial charge in [-0.1, -0.05) is 18.2 Å². The van der Waals surface area contributed by atoms with Crippen LogP contribution in [0.3, 0.4) is 0 Å². The first kappa shape index (κ1) is 12.8. The fourth-order valence-corrected chi connectivity index (χ4v) is 1.33. The molecule has 5 heteroatoms. The number of rotatable bonds is 4. The SMILES string of the molecule is CC=CC=CC(=O)Nc1c[nH]c(C)c1C(=O)O. The fourth-order valence-electron chi connectivity index (χ4n) is 1.33. The highest BCUT2D eigenvalue weighted by Gasteiger charge is 2.15. The molecule has 0 aromatic carbocycles. The lowest BCUT2D eigenvalue weighted by Gasteiger charge is -2.00. The Bertz CT molecular complexity index is 484. The molecule has 0 fully saturated rings.